The minimum Gasteiger partial charge on any atom is -0.497 e. The average Bonchev–Trinajstić information content (AvgIpc) is 2.95. The molecule has 0 unspecified atom stereocenters. The number of fused-ring (bicyclic) bond motifs is 2. The SMILES string of the molecule is COc1ccc([C@H]2C(=O)c3cc(OC)cc(OC)c3C(=O)c3cc(OC)cc(OC)c32)cc1. The molecule has 0 heterocycles. The van der Waals surface area contributed by atoms with Gasteiger partial charge in [-0.1, -0.05) is 12.1 Å². The maximum Gasteiger partial charge on any atom is 0.198 e. The van der Waals surface area contributed by atoms with E-state index in [9.17, 15) is 9.59 Å². The third-order valence-corrected chi connectivity index (χ3v) is 5.84. The Kier molecular flexibility index (Phi) is 5.96. The Labute approximate surface area is 191 Å². The molecule has 0 amide bonds. The van der Waals surface area contributed by atoms with E-state index < -0.39 is 5.92 Å². The summed E-state index contributed by atoms with van der Waals surface area (Å²) in [5, 5.41) is 0. The van der Waals surface area contributed by atoms with Crippen molar-refractivity contribution >= 4 is 11.6 Å². The van der Waals surface area contributed by atoms with Crippen molar-refractivity contribution in [2.24, 2.45) is 0 Å². The van der Waals surface area contributed by atoms with Crippen LogP contribution in [0.5, 0.6) is 28.7 Å². The van der Waals surface area contributed by atoms with Crippen LogP contribution in [0.15, 0.2) is 48.5 Å². The van der Waals surface area contributed by atoms with Crippen LogP contribution in [-0.4, -0.2) is 47.1 Å². The predicted octanol–water partition coefficient (Wildman–Crippen LogP) is 4.29. The Balaban J connectivity index is 2.10. The van der Waals surface area contributed by atoms with Gasteiger partial charge in [0, 0.05) is 28.8 Å². The Morgan fingerprint density at radius 2 is 1.15 bits per heavy atom. The standard InChI is InChI=1S/C26H24O7/c1-29-15-8-6-14(7-9-15)22-23-18(10-16(30-2)12-20(23)32-4)26(28)24-19(25(22)27)11-17(31-3)13-21(24)33-5/h6-13,22H,1-5H3/t22-/m1/s1. The fourth-order valence-corrected chi connectivity index (χ4v) is 4.21. The van der Waals surface area contributed by atoms with Crippen LogP contribution in [-0.2, 0) is 0 Å². The molecule has 0 N–H and O–H groups in total. The monoisotopic (exact) mass is 448 g/mol. The van der Waals surface area contributed by atoms with Crippen LogP contribution in [0.3, 0.4) is 0 Å². The molecule has 0 saturated carbocycles. The van der Waals surface area contributed by atoms with E-state index >= 15 is 0 Å². The molecule has 0 aliphatic heterocycles. The molecule has 0 bridgehead atoms. The van der Waals surface area contributed by atoms with Crippen molar-refractivity contribution < 1.29 is 33.3 Å². The number of hydrogen-bond donors (Lipinski definition) is 0. The van der Waals surface area contributed by atoms with Gasteiger partial charge >= 0.3 is 0 Å². The summed E-state index contributed by atoms with van der Waals surface area (Å²) in [5.41, 5.74) is 1.86. The topological polar surface area (TPSA) is 80.3 Å². The maximum absolute atomic E-state index is 14.1. The normalized spacial score (nSPS) is 14.6. The number of ether oxygens (including phenoxy) is 5. The molecule has 0 spiro atoms. The van der Waals surface area contributed by atoms with E-state index in [2.05, 4.69) is 0 Å². The molecule has 7 heteroatoms. The highest BCUT2D eigenvalue weighted by molar-refractivity contribution is 6.23. The number of rotatable bonds is 6. The number of Topliss-reactive ketones (excluding diaryl/α,β-unsaturated/α-hetero) is 1. The van der Waals surface area contributed by atoms with Crippen molar-refractivity contribution in [3.63, 3.8) is 0 Å². The van der Waals surface area contributed by atoms with Crippen LogP contribution >= 0.6 is 0 Å². The number of carbonyl (C=O) groups is 2. The van der Waals surface area contributed by atoms with Crippen molar-refractivity contribution in [3.8, 4) is 28.7 Å². The van der Waals surface area contributed by atoms with Gasteiger partial charge in [-0.25, -0.2) is 0 Å². The molecule has 33 heavy (non-hydrogen) atoms. The smallest absolute Gasteiger partial charge is 0.198 e. The molecule has 1 aliphatic rings. The summed E-state index contributed by atoms with van der Waals surface area (Å²) in [6, 6.07) is 13.6. The van der Waals surface area contributed by atoms with Gasteiger partial charge in [0.15, 0.2) is 11.6 Å². The molecular weight excluding hydrogens is 424 g/mol. The number of ketones is 2. The van der Waals surface area contributed by atoms with Crippen LogP contribution in [0.25, 0.3) is 0 Å². The van der Waals surface area contributed by atoms with Crippen LogP contribution in [0.1, 0.15) is 43.3 Å². The molecule has 170 valence electrons. The number of hydrogen-bond acceptors (Lipinski definition) is 7. The molecule has 7 nitrogen and oxygen atoms in total. The van der Waals surface area contributed by atoms with E-state index in [0.29, 0.717) is 39.7 Å². The lowest BCUT2D eigenvalue weighted by atomic mass is 9.83. The molecule has 0 fully saturated rings. The van der Waals surface area contributed by atoms with Gasteiger partial charge in [0.25, 0.3) is 0 Å². The first-order chi connectivity index (χ1) is 16.0. The van der Waals surface area contributed by atoms with Crippen LogP contribution in [0.4, 0.5) is 0 Å². The lowest BCUT2D eigenvalue weighted by Crippen LogP contribution is -2.16. The van der Waals surface area contributed by atoms with E-state index in [1.54, 1.807) is 43.5 Å². The number of methoxy groups -OCH3 is 5. The molecule has 1 atom stereocenters. The Hall–Kier alpha value is -4.00. The van der Waals surface area contributed by atoms with Gasteiger partial charge in [0.1, 0.15) is 28.7 Å². The molecule has 0 saturated heterocycles. The molecule has 3 aromatic rings. The Morgan fingerprint density at radius 1 is 0.606 bits per heavy atom. The number of benzene rings is 3. The molecule has 0 radical (unpaired) electrons. The molecule has 1 aliphatic carbocycles. The summed E-state index contributed by atoms with van der Waals surface area (Å²) >= 11 is 0. The van der Waals surface area contributed by atoms with Crippen LogP contribution in [0.2, 0.25) is 0 Å². The summed E-state index contributed by atoms with van der Waals surface area (Å²) in [6.07, 6.45) is 0. The second-order valence-electron chi connectivity index (χ2n) is 7.44. The fraction of sp³-hybridized carbons (Fsp3) is 0.231. The van der Waals surface area contributed by atoms with Gasteiger partial charge in [0.05, 0.1) is 47.0 Å². The van der Waals surface area contributed by atoms with Gasteiger partial charge in [-0.2, -0.15) is 0 Å². The third kappa shape index (κ3) is 3.65. The lowest BCUT2D eigenvalue weighted by Gasteiger charge is -2.21. The first-order valence-electron chi connectivity index (χ1n) is 10.2. The highest BCUT2D eigenvalue weighted by atomic mass is 16.5. The van der Waals surface area contributed by atoms with Gasteiger partial charge in [-0.15, -0.1) is 0 Å². The molecule has 4 rings (SSSR count). The minimum atomic E-state index is -0.811. The second-order valence-corrected chi connectivity index (χ2v) is 7.44. The summed E-state index contributed by atoms with van der Waals surface area (Å²) in [6.45, 7) is 0. The van der Waals surface area contributed by atoms with E-state index in [4.69, 9.17) is 23.7 Å². The van der Waals surface area contributed by atoms with E-state index in [-0.39, 0.29) is 28.4 Å². The quantitative estimate of drug-likeness (QED) is 0.557. The fourth-order valence-electron chi connectivity index (χ4n) is 4.21. The summed E-state index contributed by atoms with van der Waals surface area (Å²) in [7, 11) is 7.52. The summed E-state index contributed by atoms with van der Waals surface area (Å²) < 4.78 is 27.2. The highest BCUT2D eigenvalue weighted by Gasteiger charge is 2.39. The predicted molar refractivity (Wildman–Crippen MR) is 122 cm³/mol. The zero-order chi connectivity index (χ0) is 23.7. The lowest BCUT2D eigenvalue weighted by molar-refractivity contribution is 0.0966. The van der Waals surface area contributed by atoms with Gasteiger partial charge < -0.3 is 23.7 Å². The van der Waals surface area contributed by atoms with Crippen molar-refractivity contribution in [2.45, 2.75) is 5.92 Å². The van der Waals surface area contributed by atoms with Crippen molar-refractivity contribution in [1.29, 1.82) is 0 Å². The van der Waals surface area contributed by atoms with E-state index in [1.165, 1.54) is 28.4 Å². The van der Waals surface area contributed by atoms with Gasteiger partial charge in [-0.3, -0.25) is 9.59 Å². The first kappa shape index (κ1) is 22.2. The zero-order valence-electron chi connectivity index (χ0n) is 19.1. The molecule has 0 aromatic heterocycles. The van der Waals surface area contributed by atoms with Crippen molar-refractivity contribution in [3.05, 3.63) is 76.3 Å². The van der Waals surface area contributed by atoms with Crippen molar-refractivity contribution in [2.75, 3.05) is 35.5 Å². The minimum absolute atomic E-state index is 0.177. The van der Waals surface area contributed by atoms with E-state index in [1.807, 2.05) is 12.1 Å². The third-order valence-electron chi connectivity index (χ3n) is 5.84. The zero-order valence-corrected chi connectivity index (χ0v) is 19.1. The molecular formula is C26H24O7. The first-order valence-corrected chi connectivity index (χ1v) is 10.2. The second kappa shape index (κ2) is 8.86. The Morgan fingerprint density at radius 3 is 1.70 bits per heavy atom. The van der Waals surface area contributed by atoms with E-state index in [0.717, 1.165) is 0 Å². The highest BCUT2D eigenvalue weighted by Crippen LogP contribution is 2.45. The Bertz CT molecular complexity index is 1230. The molecule has 3 aromatic carbocycles. The maximum atomic E-state index is 14.1. The van der Waals surface area contributed by atoms with Gasteiger partial charge in [0.2, 0.25) is 0 Å². The largest absolute Gasteiger partial charge is 0.497 e. The average molecular weight is 448 g/mol. The number of carbonyl (C=O) groups excluding carboxylic acids is 2. The van der Waals surface area contributed by atoms with Crippen LogP contribution in [0, 0.1) is 0 Å². The van der Waals surface area contributed by atoms with Crippen LogP contribution < -0.4 is 23.7 Å². The van der Waals surface area contributed by atoms with Crippen molar-refractivity contribution in [1.82, 2.24) is 0 Å². The summed E-state index contributed by atoms with van der Waals surface area (Å²) in [5.74, 6) is 0.697. The van der Waals surface area contributed by atoms with Gasteiger partial charge in [-0.05, 0) is 29.8 Å². The summed E-state index contributed by atoms with van der Waals surface area (Å²) in [4.78, 5) is 27.9.